The molecule has 0 atom stereocenters. The molecule has 0 amide bonds. The molecule has 0 fully saturated rings. The number of anilines is 2. The highest BCUT2D eigenvalue weighted by Gasteiger charge is 2.19. The standard InChI is InChI=1S/C25H27F2N7.CH5N.H3NO/c1-5-33-9-8-20-16(13-33)6-7-22(30-20)31-25-28-12-19(27)23(32-25)17-10-18(26)24-21(11-17)34(14(2)3)15(4)29-24;2*1-2/h6-7,10-12,14H,5,8-9,13H2,1-4H3,(H,28,30,31,32);2H2,1H3;2H,1H2. The third-order valence-corrected chi connectivity index (χ3v) is 6.27. The molecule has 0 radical (unpaired) electrons. The third kappa shape index (κ3) is 5.94. The second-order valence-corrected chi connectivity index (χ2v) is 8.88. The molecule has 5 rings (SSSR count). The average molecular weight is 528 g/mol. The Balaban J connectivity index is 0.000000956. The Kier molecular flexibility index (Phi) is 9.75. The van der Waals surface area contributed by atoms with Crippen molar-refractivity contribution in [3.63, 3.8) is 0 Å². The van der Waals surface area contributed by atoms with Crippen LogP contribution < -0.4 is 16.9 Å². The molecule has 204 valence electrons. The quantitative estimate of drug-likeness (QED) is 0.282. The Morgan fingerprint density at radius 1 is 1.08 bits per heavy atom. The van der Waals surface area contributed by atoms with E-state index in [1.54, 1.807) is 6.07 Å². The summed E-state index contributed by atoms with van der Waals surface area (Å²) in [4.78, 5) is 19.9. The molecule has 0 bridgehead atoms. The summed E-state index contributed by atoms with van der Waals surface area (Å²) in [6.07, 6.45) is 1.96. The highest BCUT2D eigenvalue weighted by atomic mass is 19.1. The van der Waals surface area contributed by atoms with Crippen molar-refractivity contribution in [1.29, 1.82) is 0 Å². The number of aromatic nitrogens is 5. The summed E-state index contributed by atoms with van der Waals surface area (Å²) in [7, 11) is 1.50. The lowest BCUT2D eigenvalue weighted by Gasteiger charge is -2.27. The molecule has 0 aliphatic carbocycles. The summed E-state index contributed by atoms with van der Waals surface area (Å²) in [6, 6.07) is 7.00. The molecule has 0 spiro atoms. The smallest absolute Gasteiger partial charge is 0.229 e. The number of nitrogens with zero attached hydrogens (tertiary/aromatic N) is 6. The van der Waals surface area contributed by atoms with Crippen LogP contribution in [0.2, 0.25) is 0 Å². The fraction of sp³-hybridized carbons (Fsp3) is 0.385. The number of likely N-dealkylation sites (N-methyl/N-ethyl adjacent to an activating group) is 1. The maximum absolute atomic E-state index is 14.9. The van der Waals surface area contributed by atoms with Gasteiger partial charge in [0.15, 0.2) is 11.6 Å². The first-order valence-corrected chi connectivity index (χ1v) is 12.4. The van der Waals surface area contributed by atoms with E-state index < -0.39 is 11.6 Å². The summed E-state index contributed by atoms with van der Waals surface area (Å²) >= 11 is 0. The van der Waals surface area contributed by atoms with Crippen LogP contribution in [0.25, 0.3) is 22.3 Å². The van der Waals surface area contributed by atoms with Crippen LogP contribution in [0.15, 0.2) is 30.5 Å². The number of fused-ring (bicyclic) bond motifs is 2. The van der Waals surface area contributed by atoms with Gasteiger partial charge in [0, 0.05) is 36.8 Å². The number of hydrogen-bond donors (Lipinski definition) is 4. The van der Waals surface area contributed by atoms with Crippen molar-refractivity contribution < 1.29 is 14.0 Å². The van der Waals surface area contributed by atoms with Crippen molar-refractivity contribution in [1.82, 2.24) is 29.4 Å². The molecule has 3 aromatic heterocycles. The van der Waals surface area contributed by atoms with Crippen LogP contribution in [0.1, 0.15) is 43.9 Å². The molecule has 0 saturated heterocycles. The maximum Gasteiger partial charge on any atom is 0.229 e. The molecule has 4 aromatic rings. The SMILES string of the molecule is CCN1CCc2nc(Nc3ncc(F)c(-c4cc(F)c5nc(C)n(C(C)C)c5c4)n3)ccc2C1.CN.NO. The Hall–Kier alpha value is -3.58. The Morgan fingerprint density at radius 3 is 2.50 bits per heavy atom. The van der Waals surface area contributed by atoms with Crippen LogP contribution >= 0.6 is 0 Å². The predicted molar refractivity (Wildman–Crippen MR) is 144 cm³/mol. The van der Waals surface area contributed by atoms with Crippen LogP contribution in [-0.2, 0) is 13.0 Å². The molecule has 0 saturated carbocycles. The van der Waals surface area contributed by atoms with Gasteiger partial charge in [0.2, 0.25) is 5.95 Å². The van der Waals surface area contributed by atoms with Crippen molar-refractivity contribution >= 4 is 22.8 Å². The summed E-state index contributed by atoms with van der Waals surface area (Å²) in [5.74, 6) is 3.85. The number of nitrogens with two attached hydrogens (primary N) is 2. The van der Waals surface area contributed by atoms with Gasteiger partial charge >= 0.3 is 0 Å². The number of hydrogen-bond acceptors (Lipinski definition) is 9. The normalized spacial score (nSPS) is 12.9. The molecule has 4 heterocycles. The van der Waals surface area contributed by atoms with Gasteiger partial charge in [0.25, 0.3) is 0 Å². The van der Waals surface area contributed by atoms with Crippen molar-refractivity contribution in [2.45, 2.75) is 46.7 Å². The van der Waals surface area contributed by atoms with Gasteiger partial charge in [-0.25, -0.2) is 34.6 Å². The highest BCUT2D eigenvalue weighted by Crippen LogP contribution is 2.30. The van der Waals surface area contributed by atoms with E-state index in [2.05, 4.69) is 49.8 Å². The van der Waals surface area contributed by atoms with Crippen LogP contribution in [0.5, 0.6) is 0 Å². The van der Waals surface area contributed by atoms with Gasteiger partial charge < -0.3 is 20.8 Å². The monoisotopic (exact) mass is 527 g/mol. The number of imidazole rings is 1. The summed E-state index contributed by atoms with van der Waals surface area (Å²) in [5, 5.41) is 9.58. The van der Waals surface area contributed by atoms with Gasteiger partial charge in [-0.15, -0.1) is 0 Å². The third-order valence-electron chi connectivity index (χ3n) is 6.27. The van der Waals surface area contributed by atoms with Crippen LogP contribution in [0.4, 0.5) is 20.5 Å². The predicted octanol–water partition coefficient (Wildman–Crippen LogP) is 4.09. The largest absolute Gasteiger partial charge is 0.333 e. The summed E-state index contributed by atoms with van der Waals surface area (Å²) < 4.78 is 31.6. The number of rotatable bonds is 5. The van der Waals surface area contributed by atoms with Crippen molar-refractivity contribution in [3.8, 4) is 11.3 Å². The van der Waals surface area contributed by atoms with Crippen LogP contribution in [0.3, 0.4) is 0 Å². The number of benzene rings is 1. The van der Waals surface area contributed by atoms with E-state index in [-0.39, 0.29) is 23.2 Å². The van der Waals surface area contributed by atoms with Gasteiger partial charge in [-0.2, -0.15) is 0 Å². The lowest BCUT2D eigenvalue weighted by atomic mass is 10.1. The number of halogens is 2. The average Bonchev–Trinajstić information content (AvgIpc) is 3.28. The summed E-state index contributed by atoms with van der Waals surface area (Å²) in [6.45, 7) is 10.8. The zero-order valence-corrected chi connectivity index (χ0v) is 22.3. The Bertz CT molecular complexity index is 1390. The molecule has 10 nitrogen and oxygen atoms in total. The fourth-order valence-electron chi connectivity index (χ4n) is 4.62. The lowest BCUT2D eigenvalue weighted by Crippen LogP contribution is -2.30. The molecule has 1 aliphatic heterocycles. The first-order chi connectivity index (χ1) is 18.3. The lowest BCUT2D eigenvalue weighted by molar-refractivity contribution is 0.266. The maximum atomic E-state index is 14.9. The van der Waals surface area contributed by atoms with E-state index in [0.29, 0.717) is 22.7 Å². The van der Waals surface area contributed by atoms with Crippen molar-refractivity contribution in [2.24, 2.45) is 11.6 Å². The minimum atomic E-state index is -0.630. The van der Waals surface area contributed by atoms with E-state index in [9.17, 15) is 8.78 Å². The molecular formula is C26H35F2N9O. The van der Waals surface area contributed by atoms with E-state index in [1.807, 2.05) is 31.4 Å². The first-order valence-electron chi connectivity index (χ1n) is 12.4. The molecule has 38 heavy (non-hydrogen) atoms. The zero-order chi connectivity index (χ0) is 28.0. The first kappa shape index (κ1) is 29.0. The topological polar surface area (TPSA) is 144 Å². The van der Waals surface area contributed by atoms with Crippen LogP contribution in [-0.4, -0.2) is 54.7 Å². The molecule has 6 N–H and O–H groups in total. The van der Waals surface area contributed by atoms with Crippen molar-refractivity contribution in [3.05, 3.63) is 59.2 Å². The molecule has 12 heteroatoms. The van der Waals surface area contributed by atoms with E-state index in [1.165, 1.54) is 18.7 Å². The number of pyridine rings is 1. The zero-order valence-electron chi connectivity index (χ0n) is 22.3. The molecule has 1 aromatic carbocycles. The second kappa shape index (κ2) is 12.8. The molecule has 0 unspecified atom stereocenters. The van der Waals surface area contributed by atoms with Crippen molar-refractivity contribution in [2.75, 3.05) is 25.5 Å². The highest BCUT2D eigenvalue weighted by molar-refractivity contribution is 5.83. The minimum absolute atomic E-state index is 0.0176. The Labute approximate surface area is 220 Å². The van der Waals surface area contributed by atoms with Gasteiger partial charge in [-0.3, -0.25) is 4.90 Å². The van der Waals surface area contributed by atoms with Gasteiger partial charge in [0.05, 0.1) is 11.7 Å². The van der Waals surface area contributed by atoms with Crippen LogP contribution in [0, 0.1) is 18.6 Å². The summed E-state index contributed by atoms with van der Waals surface area (Å²) in [5.41, 5.74) is 7.97. The number of aryl methyl sites for hydroxylation is 1. The second-order valence-electron chi connectivity index (χ2n) is 8.88. The number of nitrogens with one attached hydrogen (secondary N) is 1. The minimum Gasteiger partial charge on any atom is -0.333 e. The van der Waals surface area contributed by atoms with E-state index in [0.717, 1.165) is 37.9 Å². The van der Waals surface area contributed by atoms with E-state index >= 15 is 0 Å². The van der Waals surface area contributed by atoms with Gasteiger partial charge in [-0.05, 0) is 58.1 Å². The molecule has 1 aliphatic rings. The van der Waals surface area contributed by atoms with Gasteiger partial charge in [-0.1, -0.05) is 13.0 Å². The van der Waals surface area contributed by atoms with E-state index in [4.69, 9.17) is 10.2 Å². The van der Waals surface area contributed by atoms with Gasteiger partial charge in [0.1, 0.15) is 22.9 Å². The Morgan fingerprint density at radius 2 is 1.82 bits per heavy atom. The molecular weight excluding hydrogens is 492 g/mol. The fourth-order valence-corrected chi connectivity index (χ4v) is 4.62.